The zero-order valence-electron chi connectivity index (χ0n) is 23.2. The van der Waals surface area contributed by atoms with E-state index in [0.29, 0.717) is 16.7 Å². The number of aryl methyl sites for hydroxylation is 2. The van der Waals surface area contributed by atoms with Crippen LogP contribution in [-0.4, -0.2) is 34.9 Å². The fourth-order valence-electron chi connectivity index (χ4n) is 8.23. The fraction of sp³-hybridized carbons (Fsp3) is 0.400. The van der Waals surface area contributed by atoms with Gasteiger partial charge in [-0.2, -0.15) is 0 Å². The molecular weight excluding hydrogens is 540 g/mol. The Hall–Kier alpha value is -4.74. The van der Waals surface area contributed by atoms with Crippen molar-refractivity contribution in [3.8, 4) is 11.6 Å². The summed E-state index contributed by atoms with van der Waals surface area (Å²) in [7, 11) is 3.04. The summed E-state index contributed by atoms with van der Waals surface area (Å²) in [6.07, 6.45) is 8.57. The lowest BCUT2D eigenvalue weighted by Crippen LogP contribution is -2.48. The molecule has 4 aromatic rings. The van der Waals surface area contributed by atoms with Gasteiger partial charge in [0.1, 0.15) is 11.3 Å². The third-order valence-corrected chi connectivity index (χ3v) is 9.79. The Balaban J connectivity index is 1.27. The number of H-pyrrole nitrogens is 1. The Morgan fingerprint density at radius 1 is 0.976 bits per heavy atom. The lowest BCUT2D eigenvalue weighted by atomic mass is 9.48. The van der Waals surface area contributed by atoms with Gasteiger partial charge in [0.2, 0.25) is 5.88 Å². The van der Waals surface area contributed by atoms with E-state index in [4.69, 9.17) is 0 Å². The number of aromatic hydroxyl groups is 1. The molecule has 42 heavy (non-hydrogen) atoms. The Morgan fingerprint density at radius 3 is 2.12 bits per heavy atom. The maximum atomic E-state index is 12.8. The van der Waals surface area contributed by atoms with Crippen LogP contribution in [0.4, 0.5) is 11.4 Å². The first kappa shape index (κ1) is 26.2. The first-order valence-corrected chi connectivity index (χ1v) is 14.1. The minimum Gasteiger partial charge on any atom is -0.493 e. The Kier molecular flexibility index (Phi) is 5.69. The number of hydrogen-bond acceptors (Lipinski definition) is 7. The number of hydrogen-bond donors (Lipinski definition) is 2. The van der Waals surface area contributed by atoms with Gasteiger partial charge in [-0.3, -0.25) is 29.0 Å². The summed E-state index contributed by atoms with van der Waals surface area (Å²) < 4.78 is 3.61. The van der Waals surface area contributed by atoms with E-state index in [1.807, 2.05) is 12.1 Å². The van der Waals surface area contributed by atoms with Crippen molar-refractivity contribution in [2.24, 2.45) is 36.8 Å². The highest BCUT2D eigenvalue weighted by molar-refractivity contribution is 5.89. The van der Waals surface area contributed by atoms with Crippen molar-refractivity contribution in [2.75, 3.05) is 0 Å². The van der Waals surface area contributed by atoms with Crippen LogP contribution in [0.25, 0.3) is 16.7 Å². The van der Waals surface area contributed by atoms with E-state index in [2.05, 4.69) is 9.98 Å². The summed E-state index contributed by atoms with van der Waals surface area (Å²) in [4.78, 5) is 55.4. The van der Waals surface area contributed by atoms with Crippen LogP contribution in [-0.2, 0) is 19.5 Å². The average molecular weight is 571 g/mol. The zero-order chi connectivity index (χ0) is 29.5. The quantitative estimate of drug-likeness (QED) is 0.212. The second-order valence-corrected chi connectivity index (χ2v) is 12.3. The van der Waals surface area contributed by atoms with Gasteiger partial charge >= 0.3 is 11.4 Å². The molecule has 0 spiro atoms. The van der Waals surface area contributed by atoms with Crippen molar-refractivity contribution in [1.29, 1.82) is 0 Å². The average Bonchev–Trinajstić information content (AvgIpc) is 3.15. The topological polar surface area (TPSA) is 158 Å². The maximum Gasteiger partial charge on any atom is 0.335 e. The van der Waals surface area contributed by atoms with E-state index in [9.17, 15) is 29.6 Å². The van der Waals surface area contributed by atoms with E-state index in [0.717, 1.165) is 28.5 Å². The van der Waals surface area contributed by atoms with Gasteiger partial charge in [0.25, 0.3) is 11.2 Å². The number of benzene rings is 2. The molecule has 4 bridgehead atoms. The largest absolute Gasteiger partial charge is 0.493 e. The molecule has 0 saturated heterocycles. The minimum atomic E-state index is -0.890. The molecule has 0 atom stereocenters. The number of nitrogens with zero attached hydrogens (tertiary/aromatic N) is 5. The summed E-state index contributed by atoms with van der Waals surface area (Å²) in [5.74, 6) is 1.72. The summed E-state index contributed by atoms with van der Waals surface area (Å²) >= 11 is 0. The molecule has 4 saturated carbocycles. The molecule has 4 aliphatic carbocycles. The number of aromatic nitrogens is 4. The summed E-state index contributed by atoms with van der Waals surface area (Å²) in [5.41, 5.74) is -0.363. The molecule has 4 aliphatic rings. The SMILES string of the molecule is Cn1c(=O)n(C)c2cc([N+](=O)[O-])c(N=Cc3c(O)n(-c4ccc(C56CC7CC(CC(C7)C5)C6)cc4)c(=O)[nH]c3=O)cc21. The lowest BCUT2D eigenvalue weighted by Gasteiger charge is -2.57. The van der Waals surface area contributed by atoms with Crippen LogP contribution in [0.5, 0.6) is 5.88 Å². The van der Waals surface area contributed by atoms with Gasteiger partial charge < -0.3 is 5.11 Å². The molecule has 2 aromatic carbocycles. The van der Waals surface area contributed by atoms with Gasteiger partial charge in [-0.25, -0.2) is 19.1 Å². The van der Waals surface area contributed by atoms with E-state index in [-0.39, 0.29) is 28.0 Å². The first-order valence-electron chi connectivity index (χ1n) is 14.1. The third-order valence-electron chi connectivity index (χ3n) is 9.79. The van der Waals surface area contributed by atoms with Crippen LogP contribution >= 0.6 is 0 Å². The van der Waals surface area contributed by atoms with Crippen molar-refractivity contribution < 1.29 is 10.0 Å². The predicted molar refractivity (Wildman–Crippen MR) is 156 cm³/mol. The number of nitrogens with one attached hydrogen (secondary N) is 1. The first-order chi connectivity index (χ1) is 20.0. The molecule has 216 valence electrons. The molecule has 8 rings (SSSR count). The fourth-order valence-corrected chi connectivity index (χ4v) is 8.23. The molecule has 2 N–H and O–H groups in total. The number of imidazole rings is 1. The number of nitro groups is 1. The van der Waals surface area contributed by atoms with Gasteiger partial charge in [0.15, 0.2) is 0 Å². The van der Waals surface area contributed by atoms with E-state index < -0.39 is 22.1 Å². The zero-order valence-corrected chi connectivity index (χ0v) is 23.2. The van der Waals surface area contributed by atoms with Gasteiger partial charge in [0.05, 0.1) is 21.6 Å². The molecule has 2 heterocycles. The molecule has 4 fully saturated rings. The molecule has 2 aromatic heterocycles. The van der Waals surface area contributed by atoms with Crippen LogP contribution in [0, 0.1) is 27.9 Å². The number of fused-ring (bicyclic) bond motifs is 1. The monoisotopic (exact) mass is 570 g/mol. The molecular formula is C30H30N6O6. The standard InChI is InChI=1S/C30H30N6O6/c1-33-24-10-22(23(36(41)42)11-25(24)34(2)29(33)40)31-15-21-26(37)32-28(39)35(27(21)38)20-5-3-19(4-6-20)30-12-16-7-17(13-30)9-18(8-16)14-30/h3-6,10-11,15-18,38H,7-9,12-14H2,1-2H3,(H,32,37,39). The molecule has 12 heteroatoms. The van der Waals surface area contributed by atoms with Crippen molar-refractivity contribution >= 4 is 28.6 Å². The van der Waals surface area contributed by atoms with Crippen LogP contribution in [0.1, 0.15) is 49.7 Å². The number of aromatic amines is 1. The Morgan fingerprint density at radius 2 is 1.55 bits per heavy atom. The maximum absolute atomic E-state index is 12.8. The van der Waals surface area contributed by atoms with Gasteiger partial charge in [-0.05, 0) is 85.5 Å². The Labute approximate surface area is 238 Å². The molecule has 12 nitrogen and oxygen atoms in total. The van der Waals surface area contributed by atoms with E-state index in [1.165, 1.54) is 79.5 Å². The third kappa shape index (κ3) is 3.88. The van der Waals surface area contributed by atoms with Gasteiger partial charge in [-0.1, -0.05) is 12.1 Å². The van der Waals surface area contributed by atoms with Gasteiger partial charge in [0, 0.05) is 26.4 Å². The normalized spacial score (nSPS) is 24.7. The molecule has 0 amide bonds. The highest BCUT2D eigenvalue weighted by atomic mass is 16.6. The highest BCUT2D eigenvalue weighted by Crippen LogP contribution is 2.60. The number of aliphatic imine (C=N–C) groups is 1. The summed E-state index contributed by atoms with van der Waals surface area (Å²) in [6.45, 7) is 0. The van der Waals surface area contributed by atoms with Crippen LogP contribution in [0.3, 0.4) is 0 Å². The smallest absolute Gasteiger partial charge is 0.335 e. The summed E-state index contributed by atoms with van der Waals surface area (Å²) in [6, 6.07) is 10.2. The second-order valence-electron chi connectivity index (χ2n) is 12.3. The molecule has 0 radical (unpaired) electrons. The van der Waals surface area contributed by atoms with Crippen LogP contribution in [0.15, 0.2) is 55.8 Å². The minimum absolute atomic E-state index is 0.120. The molecule has 0 aliphatic heterocycles. The number of rotatable bonds is 5. The van der Waals surface area contributed by atoms with E-state index in [1.54, 1.807) is 12.1 Å². The van der Waals surface area contributed by atoms with Crippen molar-refractivity contribution in [1.82, 2.24) is 18.7 Å². The highest BCUT2D eigenvalue weighted by Gasteiger charge is 2.51. The number of nitro benzene ring substituents is 1. The van der Waals surface area contributed by atoms with Crippen molar-refractivity contribution in [3.05, 3.63) is 89.0 Å². The van der Waals surface area contributed by atoms with Crippen LogP contribution in [0.2, 0.25) is 0 Å². The lowest BCUT2D eigenvalue weighted by molar-refractivity contribution is -0.383. The van der Waals surface area contributed by atoms with Crippen molar-refractivity contribution in [2.45, 2.75) is 43.9 Å². The predicted octanol–water partition coefficient (Wildman–Crippen LogP) is 3.55. The van der Waals surface area contributed by atoms with Crippen LogP contribution < -0.4 is 16.9 Å². The van der Waals surface area contributed by atoms with Gasteiger partial charge in [-0.15, -0.1) is 0 Å². The second kappa shape index (κ2) is 9.13. The summed E-state index contributed by atoms with van der Waals surface area (Å²) in [5, 5.41) is 22.9. The van der Waals surface area contributed by atoms with E-state index >= 15 is 0 Å². The molecule has 0 unspecified atom stereocenters. The van der Waals surface area contributed by atoms with Crippen molar-refractivity contribution in [3.63, 3.8) is 0 Å². The Bertz CT molecular complexity index is 1960.